The number of hydrogen-bond acceptors (Lipinski definition) is 6. The molecule has 0 aromatic heterocycles. The molecular formula is C19H25N3O4S. The van der Waals surface area contributed by atoms with Gasteiger partial charge in [0.1, 0.15) is 10.1 Å². The summed E-state index contributed by atoms with van der Waals surface area (Å²) in [4.78, 5) is 5.23. The highest BCUT2D eigenvalue weighted by Crippen LogP contribution is 2.32. The van der Waals surface area contributed by atoms with Gasteiger partial charge in [-0.3, -0.25) is 0 Å². The molecule has 0 unspecified atom stereocenters. The van der Waals surface area contributed by atoms with E-state index in [4.69, 9.17) is 10.1 Å². The van der Waals surface area contributed by atoms with Crippen molar-refractivity contribution in [2.75, 3.05) is 24.6 Å². The maximum absolute atomic E-state index is 10.4. The van der Waals surface area contributed by atoms with Crippen molar-refractivity contribution in [1.29, 1.82) is 5.39 Å². The number of aryl methyl sites for hydroxylation is 1. The van der Waals surface area contributed by atoms with Gasteiger partial charge in [0.05, 0.1) is 11.5 Å². The van der Waals surface area contributed by atoms with E-state index in [0.717, 1.165) is 24.3 Å². The first kappa shape index (κ1) is 22.4. The molecule has 0 spiro atoms. The Bertz CT molecular complexity index is 871. The fourth-order valence-electron chi connectivity index (χ4n) is 2.35. The Kier molecular flexibility index (Phi) is 8.72. The van der Waals surface area contributed by atoms with Gasteiger partial charge in [0.15, 0.2) is 4.98 Å². The lowest BCUT2D eigenvalue weighted by atomic mass is 10.2. The van der Waals surface area contributed by atoms with Crippen LogP contribution in [-0.4, -0.2) is 32.7 Å². The first-order valence-electron chi connectivity index (χ1n) is 8.66. The second kappa shape index (κ2) is 10.5. The van der Waals surface area contributed by atoms with Gasteiger partial charge in [0, 0.05) is 30.9 Å². The van der Waals surface area contributed by atoms with Crippen LogP contribution in [-0.2, 0) is 10.1 Å². The molecule has 2 rings (SSSR count). The van der Waals surface area contributed by atoms with Crippen molar-refractivity contribution >= 4 is 21.5 Å². The van der Waals surface area contributed by atoms with Gasteiger partial charge in [-0.1, -0.05) is 17.7 Å². The summed E-state index contributed by atoms with van der Waals surface area (Å²) in [6.07, 6.45) is 0. The molecule has 27 heavy (non-hydrogen) atoms. The molecule has 0 radical (unpaired) electrons. The molecule has 146 valence electrons. The predicted molar refractivity (Wildman–Crippen MR) is 105 cm³/mol. The fraction of sp³-hybridized carbons (Fsp3) is 0.368. The Hall–Kier alpha value is -2.63. The molecular weight excluding hydrogens is 366 g/mol. The third-order valence-corrected chi connectivity index (χ3v) is 4.64. The van der Waals surface area contributed by atoms with Crippen molar-refractivity contribution in [2.45, 2.75) is 32.6 Å². The summed E-state index contributed by atoms with van der Waals surface area (Å²) in [5.74, 6) is 0.620. The van der Waals surface area contributed by atoms with Crippen LogP contribution < -0.4 is 9.64 Å². The van der Waals surface area contributed by atoms with Crippen LogP contribution in [0, 0.1) is 12.3 Å². The van der Waals surface area contributed by atoms with Crippen LogP contribution in [0.3, 0.4) is 0 Å². The van der Waals surface area contributed by atoms with Crippen LogP contribution in [0.1, 0.15) is 26.3 Å². The molecule has 2 aromatic carbocycles. The van der Waals surface area contributed by atoms with Crippen LogP contribution in [0.4, 0.5) is 11.4 Å². The molecule has 0 aliphatic carbocycles. The summed E-state index contributed by atoms with van der Waals surface area (Å²) in [5, 5.41) is 8.82. The molecule has 0 aliphatic rings. The molecule has 0 aliphatic heterocycles. The minimum absolute atomic E-state index is 0.178. The minimum Gasteiger partial charge on any atom is -0.744 e. The van der Waals surface area contributed by atoms with E-state index in [9.17, 15) is 13.0 Å². The molecule has 0 saturated carbocycles. The van der Waals surface area contributed by atoms with E-state index in [1.165, 1.54) is 12.1 Å². The Morgan fingerprint density at radius 1 is 1.07 bits per heavy atom. The van der Waals surface area contributed by atoms with Crippen molar-refractivity contribution in [3.8, 4) is 5.75 Å². The zero-order valence-corrected chi connectivity index (χ0v) is 16.9. The quantitative estimate of drug-likeness (QED) is 0.537. The normalized spacial score (nSPS) is 10.4. The summed E-state index contributed by atoms with van der Waals surface area (Å²) in [5.41, 5.74) is 2.48. The predicted octanol–water partition coefficient (Wildman–Crippen LogP) is 4.32. The number of rotatable bonds is 6. The van der Waals surface area contributed by atoms with E-state index in [2.05, 4.69) is 23.7 Å². The number of ether oxygens (including phenoxy) is 1. The van der Waals surface area contributed by atoms with E-state index in [1.807, 2.05) is 26.0 Å². The summed E-state index contributed by atoms with van der Waals surface area (Å²) in [6.45, 7) is 10.4. The lowest BCUT2D eigenvalue weighted by molar-refractivity contribution is 0.342. The van der Waals surface area contributed by atoms with Gasteiger partial charge < -0.3 is 14.2 Å². The Morgan fingerprint density at radius 2 is 1.67 bits per heavy atom. The molecule has 2 aromatic rings. The summed E-state index contributed by atoms with van der Waals surface area (Å²) in [7, 11) is -4.27. The molecule has 0 bridgehead atoms. The lowest BCUT2D eigenvalue weighted by Gasteiger charge is -2.20. The first-order valence-corrected chi connectivity index (χ1v) is 10.1. The van der Waals surface area contributed by atoms with E-state index in [1.54, 1.807) is 18.2 Å². The van der Waals surface area contributed by atoms with Gasteiger partial charge in [-0.2, -0.15) is 0 Å². The number of nitrogens with zero attached hydrogens (tertiary/aromatic N) is 3. The van der Waals surface area contributed by atoms with Crippen LogP contribution in [0.25, 0.3) is 4.98 Å². The van der Waals surface area contributed by atoms with Gasteiger partial charge in [-0.25, -0.2) is 8.42 Å². The molecule has 0 saturated heterocycles. The maximum atomic E-state index is 10.4. The van der Waals surface area contributed by atoms with Gasteiger partial charge in [-0.05, 0) is 45.9 Å². The molecule has 0 amide bonds. The lowest BCUT2D eigenvalue weighted by Crippen LogP contribution is -2.21. The summed E-state index contributed by atoms with van der Waals surface area (Å²) in [6, 6.07) is 11.4. The second-order valence-corrected chi connectivity index (χ2v) is 7.00. The number of anilines is 1. The van der Waals surface area contributed by atoms with Crippen molar-refractivity contribution in [1.82, 2.24) is 0 Å². The van der Waals surface area contributed by atoms with Crippen molar-refractivity contribution < 1.29 is 17.7 Å². The monoisotopic (exact) mass is 391 g/mol. The zero-order chi connectivity index (χ0) is 20.4. The highest BCUT2D eigenvalue weighted by molar-refractivity contribution is 7.85. The second-order valence-electron chi connectivity index (χ2n) is 5.62. The third kappa shape index (κ3) is 6.89. The van der Waals surface area contributed by atoms with Crippen LogP contribution in [0.5, 0.6) is 5.75 Å². The zero-order valence-electron chi connectivity index (χ0n) is 16.0. The fourth-order valence-corrected chi connectivity index (χ4v) is 2.82. The maximum Gasteiger partial charge on any atom is 0.426 e. The highest BCUT2D eigenvalue weighted by Gasteiger charge is 2.16. The van der Waals surface area contributed by atoms with E-state index >= 15 is 0 Å². The van der Waals surface area contributed by atoms with Crippen molar-refractivity contribution in [3.63, 3.8) is 0 Å². The number of diazo groups is 1. The molecule has 0 atom stereocenters. The van der Waals surface area contributed by atoms with E-state index in [0.29, 0.717) is 18.0 Å². The molecule has 0 N–H and O–H groups in total. The number of benzene rings is 2. The van der Waals surface area contributed by atoms with Crippen LogP contribution in [0.15, 0.2) is 47.4 Å². The topological polar surface area (TPSA) is 97.8 Å². The first-order chi connectivity index (χ1) is 12.8. The standard InChI is InChI=1S/C12H18N3O.C7H8O3S/c1-4-15(5-2)10-7-8-11(14-13)12(9-10)16-6-3;1-6-2-4-7(5-3-6)11(8,9)10/h7-9H,4-6H2,1-3H3;2-5H,1H3,(H,8,9,10)/q+1;/p-1. The van der Waals surface area contributed by atoms with Gasteiger partial charge in [0.25, 0.3) is 0 Å². The average Bonchev–Trinajstić information content (AvgIpc) is 2.63. The molecule has 7 nitrogen and oxygen atoms in total. The van der Waals surface area contributed by atoms with Crippen molar-refractivity contribution in [2.24, 2.45) is 0 Å². The number of hydrogen-bond donors (Lipinski definition) is 0. The van der Waals surface area contributed by atoms with Crippen molar-refractivity contribution in [3.05, 3.63) is 53.0 Å². The minimum atomic E-state index is -4.27. The van der Waals surface area contributed by atoms with E-state index in [-0.39, 0.29) is 4.90 Å². The third-order valence-electron chi connectivity index (χ3n) is 3.79. The van der Waals surface area contributed by atoms with Gasteiger partial charge in [0.2, 0.25) is 11.1 Å². The smallest absolute Gasteiger partial charge is 0.426 e. The van der Waals surface area contributed by atoms with Gasteiger partial charge in [-0.15, -0.1) is 0 Å². The molecule has 0 fully saturated rings. The Labute approximate surface area is 161 Å². The average molecular weight is 391 g/mol. The summed E-state index contributed by atoms with van der Waals surface area (Å²) < 4.78 is 36.6. The largest absolute Gasteiger partial charge is 0.744 e. The van der Waals surface area contributed by atoms with Gasteiger partial charge >= 0.3 is 5.69 Å². The van der Waals surface area contributed by atoms with Crippen LogP contribution in [0.2, 0.25) is 0 Å². The van der Waals surface area contributed by atoms with E-state index < -0.39 is 10.1 Å². The Morgan fingerprint density at radius 3 is 2.11 bits per heavy atom. The summed E-state index contributed by atoms with van der Waals surface area (Å²) >= 11 is 0. The molecule has 0 heterocycles. The molecule has 8 heteroatoms. The Balaban J connectivity index is 0.000000289. The van der Waals surface area contributed by atoms with Crippen LogP contribution >= 0.6 is 0 Å². The highest BCUT2D eigenvalue weighted by atomic mass is 32.2. The SMILES string of the molecule is CCOc1cc(N(CC)CC)ccc1[N+]#N.Cc1ccc(S(=O)(=O)[O-])cc1.